The number of esters is 1. The van der Waals surface area contributed by atoms with Crippen molar-refractivity contribution >= 4 is 5.97 Å². The van der Waals surface area contributed by atoms with Crippen LogP contribution in [-0.4, -0.2) is 39.5 Å². The monoisotopic (exact) mass is 174 g/mol. The van der Waals surface area contributed by atoms with Gasteiger partial charge in [0.25, 0.3) is 0 Å². The lowest BCUT2D eigenvalue weighted by Gasteiger charge is -2.12. The molecule has 0 radical (unpaired) electrons. The fourth-order valence-corrected chi connectivity index (χ4v) is 0.651. The van der Waals surface area contributed by atoms with E-state index in [-0.39, 0.29) is 6.61 Å². The van der Waals surface area contributed by atoms with Crippen LogP contribution in [0.5, 0.6) is 0 Å². The van der Waals surface area contributed by atoms with Gasteiger partial charge in [-0.15, -0.1) is 6.58 Å². The molecule has 0 heterocycles. The van der Waals surface area contributed by atoms with Crippen LogP contribution in [0, 0.1) is 0 Å². The van der Waals surface area contributed by atoms with Crippen molar-refractivity contribution in [1.82, 2.24) is 0 Å². The SMILES string of the molecule is C=CCO[C@@H](COC)C(=O)OC. The standard InChI is InChI=1S/C8H14O4/c1-4-5-12-7(6-10-2)8(9)11-3/h4,7H,1,5-6H2,2-3H3/t7-/m0/s1. The molecule has 12 heavy (non-hydrogen) atoms. The average Bonchev–Trinajstić information content (AvgIpc) is 2.11. The second-order valence-electron chi connectivity index (χ2n) is 2.09. The summed E-state index contributed by atoms with van der Waals surface area (Å²) in [7, 11) is 2.80. The molecule has 0 saturated heterocycles. The van der Waals surface area contributed by atoms with Gasteiger partial charge in [0.1, 0.15) is 0 Å². The first kappa shape index (κ1) is 11.1. The molecule has 0 aliphatic carbocycles. The highest BCUT2D eigenvalue weighted by atomic mass is 16.6. The van der Waals surface area contributed by atoms with Gasteiger partial charge in [0, 0.05) is 7.11 Å². The van der Waals surface area contributed by atoms with Gasteiger partial charge in [0.2, 0.25) is 0 Å². The van der Waals surface area contributed by atoms with Crippen molar-refractivity contribution in [3.63, 3.8) is 0 Å². The van der Waals surface area contributed by atoms with Gasteiger partial charge < -0.3 is 14.2 Å². The Labute approximate surface area is 72.1 Å². The maximum atomic E-state index is 10.9. The van der Waals surface area contributed by atoms with E-state index in [0.717, 1.165) is 0 Å². The van der Waals surface area contributed by atoms with Crippen LogP contribution in [0.2, 0.25) is 0 Å². The highest BCUT2D eigenvalue weighted by molar-refractivity contribution is 5.74. The van der Waals surface area contributed by atoms with Gasteiger partial charge in [-0.2, -0.15) is 0 Å². The first-order chi connectivity index (χ1) is 5.76. The Kier molecular flexibility index (Phi) is 6.32. The Morgan fingerprint density at radius 1 is 1.58 bits per heavy atom. The van der Waals surface area contributed by atoms with E-state index in [9.17, 15) is 4.79 Å². The average molecular weight is 174 g/mol. The summed E-state index contributed by atoms with van der Waals surface area (Å²) < 4.78 is 14.3. The van der Waals surface area contributed by atoms with E-state index in [1.54, 1.807) is 6.08 Å². The Balaban J connectivity index is 3.84. The summed E-state index contributed by atoms with van der Waals surface area (Å²) in [5.41, 5.74) is 0. The maximum Gasteiger partial charge on any atom is 0.337 e. The Bertz CT molecular complexity index is 144. The minimum Gasteiger partial charge on any atom is -0.467 e. The summed E-state index contributed by atoms with van der Waals surface area (Å²) in [6.07, 6.45) is 0.906. The molecule has 0 saturated carbocycles. The quantitative estimate of drug-likeness (QED) is 0.431. The van der Waals surface area contributed by atoms with Crippen molar-refractivity contribution in [1.29, 1.82) is 0 Å². The van der Waals surface area contributed by atoms with Crippen molar-refractivity contribution in [2.75, 3.05) is 27.4 Å². The topological polar surface area (TPSA) is 44.8 Å². The number of carbonyl (C=O) groups is 1. The predicted molar refractivity (Wildman–Crippen MR) is 43.8 cm³/mol. The van der Waals surface area contributed by atoms with E-state index in [1.807, 2.05) is 0 Å². The van der Waals surface area contributed by atoms with Gasteiger partial charge in [-0.05, 0) is 0 Å². The maximum absolute atomic E-state index is 10.9. The van der Waals surface area contributed by atoms with Gasteiger partial charge in [-0.1, -0.05) is 6.08 Å². The molecular formula is C8H14O4. The summed E-state index contributed by atoms with van der Waals surface area (Å²) in [4.78, 5) is 10.9. The smallest absolute Gasteiger partial charge is 0.337 e. The van der Waals surface area contributed by atoms with E-state index in [2.05, 4.69) is 11.3 Å². The van der Waals surface area contributed by atoms with Crippen molar-refractivity contribution in [2.45, 2.75) is 6.10 Å². The normalized spacial score (nSPS) is 12.2. The van der Waals surface area contributed by atoms with E-state index in [4.69, 9.17) is 9.47 Å². The molecule has 0 bridgehead atoms. The summed E-state index contributed by atoms with van der Waals surface area (Å²) >= 11 is 0. The highest BCUT2D eigenvalue weighted by Crippen LogP contribution is 1.95. The number of carbonyl (C=O) groups excluding carboxylic acids is 1. The number of hydrogen-bond acceptors (Lipinski definition) is 4. The Morgan fingerprint density at radius 2 is 2.25 bits per heavy atom. The number of methoxy groups -OCH3 is 2. The van der Waals surface area contributed by atoms with Gasteiger partial charge in [-0.3, -0.25) is 0 Å². The third-order valence-corrected chi connectivity index (χ3v) is 1.20. The Hall–Kier alpha value is -0.870. The van der Waals surface area contributed by atoms with Crippen LogP contribution in [0.25, 0.3) is 0 Å². The largest absolute Gasteiger partial charge is 0.467 e. The first-order valence-electron chi connectivity index (χ1n) is 3.55. The van der Waals surface area contributed by atoms with Gasteiger partial charge in [0.05, 0.1) is 20.3 Å². The number of ether oxygens (including phenoxy) is 3. The van der Waals surface area contributed by atoms with Crippen LogP contribution in [0.1, 0.15) is 0 Å². The van der Waals surface area contributed by atoms with Crippen LogP contribution in [0.3, 0.4) is 0 Å². The lowest BCUT2D eigenvalue weighted by Crippen LogP contribution is -2.30. The molecule has 70 valence electrons. The molecule has 0 aromatic rings. The van der Waals surface area contributed by atoms with Crippen molar-refractivity contribution in [3.05, 3.63) is 12.7 Å². The van der Waals surface area contributed by atoms with Crippen LogP contribution >= 0.6 is 0 Å². The summed E-state index contributed by atoms with van der Waals surface area (Å²) in [5.74, 6) is -0.432. The third-order valence-electron chi connectivity index (χ3n) is 1.20. The van der Waals surface area contributed by atoms with E-state index >= 15 is 0 Å². The molecule has 0 rings (SSSR count). The molecule has 0 fully saturated rings. The minimum atomic E-state index is -0.655. The Morgan fingerprint density at radius 3 is 2.67 bits per heavy atom. The molecule has 0 amide bonds. The van der Waals surface area contributed by atoms with Crippen LogP contribution in [-0.2, 0) is 19.0 Å². The molecule has 4 nitrogen and oxygen atoms in total. The molecule has 4 heteroatoms. The fourth-order valence-electron chi connectivity index (χ4n) is 0.651. The summed E-state index contributed by atoms with van der Waals surface area (Å²) in [5, 5.41) is 0. The molecule has 0 spiro atoms. The predicted octanol–water partition coefficient (Wildman–Crippen LogP) is 0.377. The van der Waals surface area contributed by atoms with Crippen LogP contribution < -0.4 is 0 Å². The summed E-state index contributed by atoms with van der Waals surface area (Å²) in [6, 6.07) is 0. The molecule has 1 atom stereocenters. The van der Waals surface area contributed by atoms with Crippen LogP contribution in [0.15, 0.2) is 12.7 Å². The van der Waals surface area contributed by atoms with Crippen molar-refractivity contribution in [3.8, 4) is 0 Å². The van der Waals surface area contributed by atoms with Gasteiger partial charge in [-0.25, -0.2) is 4.79 Å². The van der Waals surface area contributed by atoms with E-state index in [1.165, 1.54) is 14.2 Å². The lowest BCUT2D eigenvalue weighted by molar-refractivity contribution is -0.156. The molecular weight excluding hydrogens is 160 g/mol. The molecule has 0 aromatic carbocycles. The zero-order chi connectivity index (χ0) is 9.40. The van der Waals surface area contributed by atoms with Gasteiger partial charge in [0.15, 0.2) is 6.10 Å². The highest BCUT2D eigenvalue weighted by Gasteiger charge is 2.18. The zero-order valence-electron chi connectivity index (χ0n) is 7.41. The first-order valence-corrected chi connectivity index (χ1v) is 3.55. The summed E-state index contributed by atoms with van der Waals surface area (Å²) in [6.45, 7) is 3.96. The van der Waals surface area contributed by atoms with E-state index in [0.29, 0.717) is 6.61 Å². The fraction of sp³-hybridized carbons (Fsp3) is 0.625. The third kappa shape index (κ3) is 4.10. The molecule has 0 aliphatic heterocycles. The second kappa shape index (κ2) is 6.82. The lowest BCUT2D eigenvalue weighted by atomic mass is 10.4. The molecule has 0 aromatic heterocycles. The second-order valence-corrected chi connectivity index (χ2v) is 2.09. The molecule has 0 unspecified atom stereocenters. The molecule has 0 N–H and O–H groups in total. The van der Waals surface area contributed by atoms with Gasteiger partial charge >= 0.3 is 5.97 Å². The van der Waals surface area contributed by atoms with Crippen molar-refractivity contribution in [2.24, 2.45) is 0 Å². The number of rotatable bonds is 6. The van der Waals surface area contributed by atoms with Crippen molar-refractivity contribution < 1.29 is 19.0 Å². The number of hydrogen-bond donors (Lipinski definition) is 0. The zero-order valence-corrected chi connectivity index (χ0v) is 7.41. The minimum absolute atomic E-state index is 0.195. The molecule has 0 aliphatic rings. The van der Waals surface area contributed by atoms with Crippen LogP contribution in [0.4, 0.5) is 0 Å². The van der Waals surface area contributed by atoms with E-state index < -0.39 is 12.1 Å².